The Bertz CT molecular complexity index is 735. The number of amides is 1. The Morgan fingerprint density at radius 2 is 2.12 bits per heavy atom. The lowest BCUT2D eigenvalue weighted by atomic mass is 10.1. The van der Waals surface area contributed by atoms with Gasteiger partial charge in [0.25, 0.3) is 0 Å². The van der Waals surface area contributed by atoms with Gasteiger partial charge in [0.2, 0.25) is 11.7 Å². The number of rotatable bonds is 6. The largest absolute Gasteiger partial charge is 0.382 e. The summed E-state index contributed by atoms with van der Waals surface area (Å²) in [5, 5.41) is 11.6. The number of hydrogen-bond donors (Lipinski definition) is 1. The van der Waals surface area contributed by atoms with Crippen LogP contribution in [0.3, 0.4) is 0 Å². The molecular weight excluding hydrogens is 458 g/mol. The topological polar surface area (TPSA) is 76.4 Å². The van der Waals surface area contributed by atoms with E-state index in [1.165, 1.54) is 35.2 Å². The van der Waals surface area contributed by atoms with Gasteiger partial charge in [0, 0.05) is 57.5 Å². The molecule has 25 heavy (non-hydrogen) atoms. The van der Waals surface area contributed by atoms with Crippen molar-refractivity contribution in [3.05, 3.63) is 46.7 Å². The number of nitrogens with zero attached hydrogens (tertiary/aromatic N) is 3. The summed E-state index contributed by atoms with van der Waals surface area (Å²) in [7, 11) is 4.71. The molecular formula is C16H18FIN4O2S. The monoisotopic (exact) mass is 476 g/mol. The molecule has 0 atom stereocenters. The Labute approximate surface area is 162 Å². The van der Waals surface area contributed by atoms with E-state index >= 15 is 0 Å². The van der Waals surface area contributed by atoms with Crippen LogP contribution >= 0.6 is 30.3 Å². The van der Waals surface area contributed by atoms with Crippen LogP contribution in [-0.4, -0.2) is 41.5 Å². The highest BCUT2D eigenvalue weighted by Gasteiger charge is 2.27. The minimum atomic E-state index is -0.585. The molecule has 0 saturated heterocycles. The molecule has 6 nitrogen and oxygen atoms in total. The first-order valence-electron chi connectivity index (χ1n) is 7.15. The van der Waals surface area contributed by atoms with E-state index < -0.39 is 11.6 Å². The molecule has 0 radical (unpaired) electrons. The molecule has 0 aromatic heterocycles. The molecule has 1 aliphatic rings. The minimum absolute atomic E-state index is 0.00149. The fraction of sp³-hybridized carbons (Fsp3) is 0.312. The van der Waals surface area contributed by atoms with Crippen molar-refractivity contribution in [3.63, 3.8) is 0 Å². The molecule has 0 aromatic rings. The summed E-state index contributed by atoms with van der Waals surface area (Å²) in [5.41, 5.74) is 0.979. The number of carbonyl (C=O) groups is 2. The van der Waals surface area contributed by atoms with Crippen molar-refractivity contribution < 1.29 is 14.0 Å². The molecule has 0 bridgehead atoms. The number of halogens is 2. The molecule has 1 heterocycles. The van der Waals surface area contributed by atoms with Crippen LogP contribution in [0.5, 0.6) is 0 Å². The predicted octanol–water partition coefficient (Wildman–Crippen LogP) is 2.99. The van der Waals surface area contributed by atoms with Crippen molar-refractivity contribution in [3.8, 4) is 6.07 Å². The molecule has 9 heteroatoms. The molecule has 0 unspecified atom stereocenters. The third-order valence-electron chi connectivity index (χ3n) is 3.02. The van der Waals surface area contributed by atoms with Crippen molar-refractivity contribution in [2.24, 2.45) is 0 Å². The molecule has 0 saturated carbocycles. The second-order valence-electron chi connectivity index (χ2n) is 5.46. The fourth-order valence-electron chi connectivity index (χ4n) is 2.00. The van der Waals surface area contributed by atoms with Crippen molar-refractivity contribution in [2.45, 2.75) is 13.8 Å². The summed E-state index contributed by atoms with van der Waals surface area (Å²) in [4.78, 5) is 25.2. The Hall–Kier alpha value is -1.80. The quantitative estimate of drug-likeness (QED) is 0.275. The first-order chi connectivity index (χ1) is 11.7. The van der Waals surface area contributed by atoms with E-state index in [0.717, 1.165) is 0 Å². The van der Waals surface area contributed by atoms with Crippen LogP contribution in [-0.2, 0) is 9.59 Å². The van der Waals surface area contributed by atoms with Crippen molar-refractivity contribution in [1.82, 2.24) is 14.5 Å². The molecule has 1 aliphatic heterocycles. The number of hydrogen-bond acceptors (Lipinski definition) is 6. The number of Topliss-reactive ketones (excluding diaryl/α,β-unsaturated/α-hetero) is 1. The number of allylic oxidation sites excluding steroid dienone is 4. The summed E-state index contributed by atoms with van der Waals surface area (Å²) in [6.07, 6.45) is 4.27. The van der Waals surface area contributed by atoms with Gasteiger partial charge in [-0.15, -0.1) is 0 Å². The second-order valence-corrected chi connectivity index (χ2v) is 7.22. The van der Waals surface area contributed by atoms with E-state index in [-0.39, 0.29) is 17.2 Å². The van der Waals surface area contributed by atoms with Gasteiger partial charge >= 0.3 is 0 Å². The van der Waals surface area contributed by atoms with Gasteiger partial charge in [-0.1, -0.05) is 0 Å². The molecule has 0 spiro atoms. The van der Waals surface area contributed by atoms with Crippen LogP contribution < -0.4 is 5.32 Å². The Morgan fingerprint density at radius 3 is 2.60 bits per heavy atom. The minimum Gasteiger partial charge on any atom is -0.382 e. The first kappa shape index (κ1) is 21.2. The average Bonchev–Trinajstić information content (AvgIpc) is 2.93. The molecule has 1 N–H and O–H groups in total. The molecule has 0 aromatic carbocycles. The average molecular weight is 476 g/mol. The van der Waals surface area contributed by atoms with Crippen LogP contribution in [0.25, 0.3) is 0 Å². The Morgan fingerprint density at radius 1 is 1.48 bits per heavy atom. The molecule has 1 rings (SSSR count). The van der Waals surface area contributed by atoms with Crippen LogP contribution in [0, 0.1) is 11.3 Å². The van der Waals surface area contributed by atoms with Crippen molar-refractivity contribution in [1.29, 1.82) is 5.26 Å². The lowest BCUT2D eigenvalue weighted by Crippen LogP contribution is -2.19. The number of nitrogens with one attached hydrogen (secondary N) is 1. The van der Waals surface area contributed by atoms with Gasteiger partial charge in [0.15, 0.2) is 0 Å². The smallest absolute Gasteiger partial charge is 0.221 e. The van der Waals surface area contributed by atoms with Gasteiger partial charge in [0.1, 0.15) is 17.5 Å². The van der Waals surface area contributed by atoms with Gasteiger partial charge in [-0.05, 0) is 24.6 Å². The Kier molecular flexibility index (Phi) is 8.18. The van der Waals surface area contributed by atoms with Crippen LogP contribution in [0.2, 0.25) is 0 Å². The van der Waals surface area contributed by atoms with Crippen molar-refractivity contribution in [2.75, 3.05) is 20.6 Å². The summed E-state index contributed by atoms with van der Waals surface area (Å²) in [5.74, 6) is -1.37. The van der Waals surface area contributed by atoms with Crippen molar-refractivity contribution >= 4 is 42.0 Å². The van der Waals surface area contributed by atoms with Gasteiger partial charge in [-0.3, -0.25) is 13.9 Å². The molecule has 1 amide bonds. The number of ketones is 1. The standard InChI is InChI=1S/C16H18FIN4O2S/c1-10(20-11(2)23)14(17)5-12-6-15(22(8-12)25-18)16(24)13(7-19)9-21(3)4/h5-6,9H,8H2,1-4H3,(H,20,23)/b12-5-,13-9+,14-10-. The van der Waals surface area contributed by atoms with Crippen LogP contribution in [0.1, 0.15) is 13.8 Å². The summed E-state index contributed by atoms with van der Waals surface area (Å²) in [6.45, 7) is 3.07. The maximum absolute atomic E-state index is 14.1. The van der Waals surface area contributed by atoms with Crippen LogP contribution in [0.4, 0.5) is 4.39 Å². The maximum atomic E-state index is 14.1. The predicted molar refractivity (Wildman–Crippen MR) is 104 cm³/mol. The van der Waals surface area contributed by atoms with E-state index in [2.05, 4.69) is 5.32 Å². The van der Waals surface area contributed by atoms with Gasteiger partial charge in [-0.25, -0.2) is 4.39 Å². The normalized spacial score (nSPS) is 17.0. The highest BCUT2D eigenvalue weighted by Crippen LogP contribution is 2.33. The zero-order valence-electron chi connectivity index (χ0n) is 14.3. The lowest BCUT2D eigenvalue weighted by Gasteiger charge is -2.16. The molecule has 0 aliphatic carbocycles. The summed E-state index contributed by atoms with van der Waals surface area (Å²) in [6, 6.07) is 1.89. The third kappa shape index (κ3) is 6.21. The first-order valence-corrected chi connectivity index (χ1v) is 10.5. The van der Waals surface area contributed by atoms with Crippen LogP contribution in [0.15, 0.2) is 46.7 Å². The lowest BCUT2D eigenvalue weighted by molar-refractivity contribution is -0.118. The van der Waals surface area contributed by atoms with Gasteiger partial charge in [-0.2, -0.15) is 5.26 Å². The zero-order chi connectivity index (χ0) is 19.1. The van der Waals surface area contributed by atoms with E-state index in [1.807, 2.05) is 27.3 Å². The highest BCUT2D eigenvalue weighted by atomic mass is 127. The van der Waals surface area contributed by atoms with E-state index in [9.17, 15) is 19.2 Å². The summed E-state index contributed by atoms with van der Waals surface area (Å²) < 4.78 is 15.8. The van der Waals surface area contributed by atoms with Gasteiger partial charge in [0.05, 0.1) is 17.9 Å². The summed E-state index contributed by atoms with van der Waals surface area (Å²) >= 11 is 2.02. The van der Waals surface area contributed by atoms with Gasteiger partial charge < -0.3 is 10.2 Å². The molecule has 0 fully saturated rings. The fourth-order valence-corrected chi connectivity index (χ4v) is 3.46. The zero-order valence-corrected chi connectivity index (χ0v) is 17.2. The molecule has 134 valence electrons. The second kappa shape index (κ2) is 9.62. The SMILES string of the molecule is CC(=O)N/C(C)=C(F)/C=C1/C=C(C(=O)/C(C#N)=C/N(C)C)N(SI)C1. The highest BCUT2D eigenvalue weighted by molar-refractivity contribution is 14.2. The van der Waals surface area contributed by atoms with E-state index in [4.69, 9.17) is 0 Å². The number of nitriles is 1. The maximum Gasteiger partial charge on any atom is 0.221 e. The van der Waals surface area contributed by atoms with E-state index in [1.54, 1.807) is 29.4 Å². The third-order valence-corrected chi connectivity index (χ3v) is 4.94. The number of carbonyl (C=O) groups excluding carboxylic acids is 2. The Balaban J connectivity index is 3.18. The van der Waals surface area contributed by atoms with E-state index in [0.29, 0.717) is 17.8 Å².